The quantitative estimate of drug-likeness (QED) is 0.762. The van der Waals surface area contributed by atoms with Gasteiger partial charge in [-0.05, 0) is 45.6 Å². The number of aryl methyl sites for hydroxylation is 1. The molecule has 0 saturated heterocycles. The summed E-state index contributed by atoms with van der Waals surface area (Å²) >= 11 is 0. The zero-order valence-corrected chi connectivity index (χ0v) is 14.8. The zero-order chi connectivity index (χ0) is 17.4. The third-order valence-corrected chi connectivity index (χ3v) is 5.39. The summed E-state index contributed by atoms with van der Waals surface area (Å²) in [6.45, 7) is 4.19. The van der Waals surface area contributed by atoms with Crippen LogP contribution in [0.25, 0.3) is 22.1 Å². The van der Waals surface area contributed by atoms with E-state index in [0.717, 1.165) is 48.1 Å². The van der Waals surface area contributed by atoms with Gasteiger partial charge in [-0.3, -0.25) is 0 Å². The molecule has 0 amide bonds. The number of nitrogens with zero attached hydrogens (tertiary/aromatic N) is 4. The van der Waals surface area contributed by atoms with Crippen molar-refractivity contribution in [2.75, 3.05) is 0 Å². The van der Waals surface area contributed by atoms with Crippen LogP contribution in [0.4, 0.5) is 0 Å². The first-order chi connectivity index (χ1) is 12.2. The van der Waals surface area contributed by atoms with E-state index in [2.05, 4.69) is 45.8 Å². The van der Waals surface area contributed by atoms with Crippen molar-refractivity contribution in [3.05, 3.63) is 24.3 Å². The number of aromatic nitrogens is 4. The maximum absolute atomic E-state index is 8.83. The highest BCUT2D eigenvalue weighted by molar-refractivity contribution is 6.01. The summed E-state index contributed by atoms with van der Waals surface area (Å²) in [4.78, 5) is 12.4. The van der Waals surface area contributed by atoms with Crippen LogP contribution < -0.4 is 5.32 Å². The van der Waals surface area contributed by atoms with Crippen LogP contribution in [-0.4, -0.2) is 31.6 Å². The standard InChI is InChI=1S/C19H24N6/c1-12(7-9-20)23-14-3-5-15(6-4-14)25-13(2)24-17-11-22-19-16(18(17)25)8-10-21-19/h8,10-12,14-15,23H,3-7H2,1-2H3,(H,21,22). The van der Waals surface area contributed by atoms with Crippen LogP contribution in [0.3, 0.4) is 0 Å². The summed E-state index contributed by atoms with van der Waals surface area (Å²) in [7, 11) is 0. The minimum absolute atomic E-state index is 0.271. The first-order valence-corrected chi connectivity index (χ1v) is 9.11. The molecule has 2 N–H and O–H groups in total. The number of fused-ring (bicyclic) bond motifs is 3. The minimum Gasteiger partial charge on any atom is -0.346 e. The second kappa shape index (κ2) is 6.49. The average molecular weight is 336 g/mol. The predicted molar refractivity (Wildman–Crippen MR) is 98.2 cm³/mol. The van der Waals surface area contributed by atoms with Gasteiger partial charge in [0, 0.05) is 29.7 Å². The monoisotopic (exact) mass is 336 g/mol. The average Bonchev–Trinajstić information content (AvgIpc) is 3.19. The van der Waals surface area contributed by atoms with Crippen molar-refractivity contribution in [2.45, 2.75) is 64.1 Å². The van der Waals surface area contributed by atoms with Gasteiger partial charge in [-0.15, -0.1) is 0 Å². The van der Waals surface area contributed by atoms with Gasteiger partial charge in [0.15, 0.2) is 0 Å². The highest BCUT2D eigenvalue weighted by Gasteiger charge is 2.26. The second-order valence-electron chi connectivity index (χ2n) is 7.20. The molecular formula is C19H24N6. The van der Waals surface area contributed by atoms with Crippen LogP contribution in [0.2, 0.25) is 0 Å². The Hall–Kier alpha value is -2.39. The van der Waals surface area contributed by atoms with Crippen LogP contribution in [0.1, 0.15) is 50.9 Å². The zero-order valence-electron chi connectivity index (χ0n) is 14.8. The third kappa shape index (κ3) is 2.89. The lowest BCUT2D eigenvalue weighted by Crippen LogP contribution is -2.39. The lowest BCUT2D eigenvalue weighted by molar-refractivity contribution is 0.279. The fraction of sp³-hybridized carbons (Fsp3) is 0.526. The molecule has 0 spiro atoms. The van der Waals surface area contributed by atoms with Crippen LogP contribution >= 0.6 is 0 Å². The van der Waals surface area contributed by atoms with E-state index in [1.54, 1.807) is 0 Å². The van der Waals surface area contributed by atoms with E-state index in [0.29, 0.717) is 18.5 Å². The van der Waals surface area contributed by atoms with Gasteiger partial charge in [-0.25, -0.2) is 9.97 Å². The van der Waals surface area contributed by atoms with Crippen molar-refractivity contribution >= 4 is 22.1 Å². The molecule has 1 aliphatic rings. The van der Waals surface area contributed by atoms with E-state index in [1.165, 1.54) is 5.52 Å². The fourth-order valence-corrected chi connectivity index (χ4v) is 4.25. The summed E-state index contributed by atoms with van der Waals surface area (Å²) < 4.78 is 2.42. The summed E-state index contributed by atoms with van der Waals surface area (Å²) in [5.41, 5.74) is 3.11. The summed E-state index contributed by atoms with van der Waals surface area (Å²) in [5, 5.41) is 13.6. The Balaban J connectivity index is 1.58. The number of pyridine rings is 1. The van der Waals surface area contributed by atoms with E-state index in [-0.39, 0.29) is 6.04 Å². The number of hydrogen-bond donors (Lipinski definition) is 2. The van der Waals surface area contributed by atoms with Crippen molar-refractivity contribution in [1.29, 1.82) is 5.26 Å². The molecule has 0 aromatic carbocycles. The molecule has 6 heteroatoms. The van der Waals surface area contributed by atoms with E-state index in [9.17, 15) is 0 Å². The minimum atomic E-state index is 0.271. The Bertz CT molecular complexity index is 923. The number of aromatic amines is 1. The van der Waals surface area contributed by atoms with Crippen LogP contribution in [0.15, 0.2) is 18.5 Å². The molecule has 1 unspecified atom stereocenters. The van der Waals surface area contributed by atoms with E-state index in [4.69, 9.17) is 10.2 Å². The van der Waals surface area contributed by atoms with E-state index >= 15 is 0 Å². The number of nitriles is 1. The predicted octanol–water partition coefficient (Wildman–Crippen LogP) is 3.60. The van der Waals surface area contributed by atoms with Gasteiger partial charge in [-0.2, -0.15) is 5.26 Å². The van der Waals surface area contributed by atoms with Gasteiger partial charge >= 0.3 is 0 Å². The third-order valence-electron chi connectivity index (χ3n) is 5.39. The Labute approximate surface area is 147 Å². The SMILES string of the molecule is Cc1nc2cnc3[nH]ccc3c2n1C1CCC(NC(C)CC#N)CC1. The first kappa shape index (κ1) is 16.1. The lowest BCUT2D eigenvalue weighted by Gasteiger charge is -2.32. The van der Waals surface area contributed by atoms with E-state index in [1.807, 2.05) is 12.4 Å². The normalized spacial score (nSPS) is 22.3. The molecule has 130 valence electrons. The fourth-order valence-electron chi connectivity index (χ4n) is 4.25. The van der Waals surface area contributed by atoms with Gasteiger partial charge in [0.2, 0.25) is 0 Å². The second-order valence-corrected chi connectivity index (χ2v) is 7.20. The van der Waals surface area contributed by atoms with Gasteiger partial charge in [0.1, 0.15) is 17.0 Å². The number of rotatable bonds is 4. The highest BCUT2D eigenvalue weighted by Crippen LogP contribution is 2.34. The largest absolute Gasteiger partial charge is 0.346 e. The summed E-state index contributed by atoms with van der Waals surface area (Å²) in [6.07, 6.45) is 8.94. The number of imidazole rings is 1. The van der Waals surface area contributed by atoms with Crippen LogP contribution in [0.5, 0.6) is 0 Å². The molecule has 3 aromatic heterocycles. The summed E-state index contributed by atoms with van der Waals surface area (Å²) in [5.74, 6) is 1.07. The molecule has 1 saturated carbocycles. The lowest BCUT2D eigenvalue weighted by atomic mass is 9.90. The van der Waals surface area contributed by atoms with Gasteiger partial charge < -0.3 is 14.9 Å². The van der Waals surface area contributed by atoms with Crippen molar-refractivity contribution in [3.8, 4) is 6.07 Å². The topological polar surface area (TPSA) is 82.3 Å². The summed E-state index contributed by atoms with van der Waals surface area (Å²) in [6, 6.07) is 5.61. The van der Waals surface area contributed by atoms with Gasteiger partial charge in [0.05, 0.1) is 24.2 Å². The molecule has 3 heterocycles. The molecule has 1 fully saturated rings. The maximum atomic E-state index is 8.83. The van der Waals surface area contributed by atoms with Gasteiger partial charge in [0.25, 0.3) is 0 Å². The number of nitrogens with one attached hydrogen (secondary N) is 2. The molecule has 0 bridgehead atoms. The number of hydrogen-bond acceptors (Lipinski definition) is 4. The van der Waals surface area contributed by atoms with Gasteiger partial charge in [-0.1, -0.05) is 0 Å². The molecule has 25 heavy (non-hydrogen) atoms. The molecule has 3 aromatic rings. The van der Waals surface area contributed by atoms with Crippen molar-refractivity contribution < 1.29 is 0 Å². The Kier molecular flexibility index (Phi) is 4.18. The molecule has 0 aliphatic heterocycles. The van der Waals surface area contributed by atoms with Crippen molar-refractivity contribution in [2.24, 2.45) is 0 Å². The molecular weight excluding hydrogens is 312 g/mol. The Morgan fingerprint density at radius 1 is 1.40 bits per heavy atom. The molecule has 1 atom stereocenters. The van der Waals surface area contributed by atoms with Crippen molar-refractivity contribution in [1.82, 2.24) is 24.8 Å². The molecule has 6 nitrogen and oxygen atoms in total. The van der Waals surface area contributed by atoms with Crippen LogP contribution in [-0.2, 0) is 0 Å². The Morgan fingerprint density at radius 3 is 2.96 bits per heavy atom. The molecule has 1 aliphatic carbocycles. The number of H-pyrrole nitrogens is 1. The van der Waals surface area contributed by atoms with Crippen LogP contribution in [0, 0.1) is 18.3 Å². The first-order valence-electron chi connectivity index (χ1n) is 9.11. The van der Waals surface area contributed by atoms with Crippen molar-refractivity contribution in [3.63, 3.8) is 0 Å². The molecule has 0 radical (unpaired) electrons. The smallest absolute Gasteiger partial charge is 0.139 e. The Morgan fingerprint density at radius 2 is 2.20 bits per heavy atom. The highest BCUT2D eigenvalue weighted by atomic mass is 15.1. The molecule has 4 rings (SSSR count). The van der Waals surface area contributed by atoms with E-state index < -0.39 is 0 Å². The maximum Gasteiger partial charge on any atom is 0.139 e.